The van der Waals surface area contributed by atoms with Gasteiger partial charge in [0.1, 0.15) is 6.61 Å². The average molecular weight is 250 g/mol. The third-order valence-corrected chi connectivity index (χ3v) is 2.90. The second-order valence-corrected chi connectivity index (χ2v) is 5.80. The smallest absolute Gasteiger partial charge is 0.160 e. The van der Waals surface area contributed by atoms with Gasteiger partial charge in [0.25, 0.3) is 0 Å². The Balaban J connectivity index is 2.66. The second-order valence-electron chi connectivity index (χ2n) is 3.14. The van der Waals surface area contributed by atoms with E-state index in [1.807, 2.05) is 0 Å². The van der Waals surface area contributed by atoms with E-state index in [4.69, 9.17) is 22.1 Å². The quantitative estimate of drug-likeness (QED) is 0.818. The van der Waals surface area contributed by atoms with E-state index in [0.29, 0.717) is 16.5 Å². The van der Waals surface area contributed by atoms with Crippen molar-refractivity contribution < 1.29 is 13.2 Å². The van der Waals surface area contributed by atoms with E-state index in [9.17, 15) is 8.42 Å². The normalized spacial score (nSPS) is 11.3. The van der Waals surface area contributed by atoms with Crippen LogP contribution in [-0.4, -0.2) is 27.0 Å². The number of nitrogen functional groups attached to an aromatic ring is 1. The summed E-state index contributed by atoms with van der Waals surface area (Å²) in [5.74, 6) is 0.278. The van der Waals surface area contributed by atoms with Gasteiger partial charge in [-0.05, 0) is 12.1 Å². The Hall–Kier alpha value is -0.940. The molecule has 1 rings (SSSR count). The zero-order valence-electron chi connectivity index (χ0n) is 8.23. The molecule has 0 radical (unpaired) electrons. The van der Waals surface area contributed by atoms with Gasteiger partial charge in [-0.2, -0.15) is 0 Å². The highest BCUT2D eigenvalue weighted by Gasteiger charge is 2.07. The molecular formula is C9H12ClNO3S. The zero-order chi connectivity index (χ0) is 11.5. The van der Waals surface area contributed by atoms with Gasteiger partial charge < -0.3 is 10.5 Å². The molecule has 0 fully saturated rings. The van der Waals surface area contributed by atoms with Crippen LogP contribution in [0.15, 0.2) is 18.2 Å². The van der Waals surface area contributed by atoms with E-state index >= 15 is 0 Å². The van der Waals surface area contributed by atoms with Crippen LogP contribution in [0, 0.1) is 0 Å². The number of halogens is 1. The third kappa shape index (κ3) is 3.97. The number of rotatable bonds is 4. The van der Waals surface area contributed by atoms with Gasteiger partial charge in [0.2, 0.25) is 0 Å². The molecule has 6 heteroatoms. The Morgan fingerprint density at radius 1 is 1.47 bits per heavy atom. The molecule has 0 aliphatic heterocycles. The standard InChI is InChI=1S/C9H12ClNO3S/c1-15(12,13)6-5-14-9-7(10)3-2-4-8(9)11/h2-4H,5-6,11H2,1H3. The molecule has 2 N–H and O–H groups in total. The van der Waals surface area contributed by atoms with E-state index in [1.54, 1.807) is 18.2 Å². The van der Waals surface area contributed by atoms with E-state index < -0.39 is 9.84 Å². The lowest BCUT2D eigenvalue weighted by molar-refractivity contribution is 0.343. The van der Waals surface area contributed by atoms with Crippen LogP contribution in [0.5, 0.6) is 5.75 Å². The minimum absolute atomic E-state index is 0.0484. The number of hydrogen-bond donors (Lipinski definition) is 1. The number of hydrogen-bond acceptors (Lipinski definition) is 4. The maximum Gasteiger partial charge on any atom is 0.160 e. The van der Waals surface area contributed by atoms with Gasteiger partial charge in [-0.15, -0.1) is 0 Å². The second kappa shape index (κ2) is 4.72. The van der Waals surface area contributed by atoms with Gasteiger partial charge in [0.05, 0.1) is 16.5 Å². The number of benzene rings is 1. The molecule has 4 nitrogen and oxygen atoms in total. The highest BCUT2D eigenvalue weighted by atomic mass is 35.5. The predicted octanol–water partition coefficient (Wildman–Crippen LogP) is 1.35. The van der Waals surface area contributed by atoms with Crippen LogP contribution >= 0.6 is 11.6 Å². The largest absolute Gasteiger partial charge is 0.489 e. The molecule has 0 heterocycles. The van der Waals surface area contributed by atoms with Gasteiger partial charge >= 0.3 is 0 Å². The minimum atomic E-state index is -3.03. The van der Waals surface area contributed by atoms with Crippen molar-refractivity contribution in [2.24, 2.45) is 0 Å². The van der Waals surface area contributed by atoms with Gasteiger partial charge in [0, 0.05) is 6.26 Å². The van der Waals surface area contributed by atoms with E-state index in [1.165, 1.54) is 0 Å². The van der Waals surface area contributed by atoms with Crippen molar-refractivity contribution in [3.8, 4) is 5.75 Å². The molecule has 84 valence electrons. The first-order valence-corrected chi connectivity index (χ1v) is 6.68. The van der Waals surface area contributed by atoms with Crippen LogP contribution in [0.1, 0.15) is 0 Å². The molecule has 0 aliphatic rings. The Bertz CT molecular complexity index is 424. The summed E-state index contributed by atoms with van der Waals surface area (Å²) in [6, 6.07) is 4.97. The molecule has 0 bridgehead atoms. The third-order valence-electron chi connectivity index (χ3n) is 1.70. The molecule has 0 saturated carbocycles. The fourth-order valence-electron chi connectivity index (χ4n) is 0.973. The van der Waals surface area contributed by atoms with Crippen molar-refractivity contribution in [3.05, 3.63) is 23.2 Å². The molecule has 0 atom stereocenters. The summed E-state index contributed by atoms with van der Waals surface area (Å²) >= 11 is 5.83. The monoisotopic (exact) mass is 249 g/mol. The van der Waals surface area contributed by atoms with Crippen LogP contribution in [0.3, 0.4) is 0 Å². The fourth-order valence-corrected chi connectivity index (χ4v) is 1.60. The number of sulfone groups is 1. The molecule has 1 aromatic carbocycles. The Kier molecular flexibility index (Phi) is 3.82. The van der Waals surface area contributed by atoms with Gasteiger partial charge in [-0.3, -0.25) is 0 Å². The van der Waals surface area contributed by atoms with Crippen molar-refractivity contribution in [2.75, 3.05) is 24.3 Å². The van der Waals surface area contributed by atoms with Crippen molar-refractivity contribution in [2.45, 2.75) is 0 Å². The van der Waals surface area contributed by atoms with Crippen LogP contribution in [-0.2, 0) is 9.84 Å². The first-order valence-electron chi connectivity index (χ1n) is 4.24. The zero-order valence-corrected chi connectivity index (χ0v) is 9.81. The molecule has 0 aliphatic carbocycles. The summed E-state index contributed by atoms with van der Waals surface area (Å²) in [6.07, 6.45) is 1.15. The number of ether oxygens (including phenoxy) is 1. The summed E-state index contributed by atoms with van der Waals surface area (Å²) in [5, 5.41) is 0.378. The van der Waals surface area contributed by atoms with E-state index in [2.05, 4.69) is 0 Å². The van der Waals surface area contributed by atoms with Gasteiger partial charge in [0.15, 0.2) is 15.6 Å². The molecule has 0 aromatic heterocycles. The van der Waals surface area contributed by atoms with Crippen molar-refractivity contribution in [1.29, 1.82) is 0 Å². The predicted molar refractivity (Wildman–Crippen MR) is 61.1 cm³/mol. The maximum atomic E-state index is 10.8. The van der Waals surface area contributed by atoms with Crippen molar-refractivity contribution in [1.82, 2.24) is 0 Å². The van der Waals surface area contributed by atoms with Crippen molar-refractivity contribution >= 4 is 27.1 Å². The number of anilines is 1. The Labute approximate surface area is 93.9 Å². The number of para-hydroxylation sites is 1. The first kappa shape index (κ1) is 12.1. The molecule has 15 heavy (non-hydrogen) atoms. The molecule has 0 spiro atoms. The highest BCUT2D eigenvalue weighted by molar-refractivity contribution is 7.90. The van der Waals surface area contributed by atoms with E-state index in [-0.39, 0.29) is 12.4 Å². The number of nitrogens with two attached hydrogens (primary N) is 1. The van der Waals surface area contributed by atoms with Gasteiger partial charge in [-0.25, -0.2) is 8.42 Å². The SMILES string of the molecule is CS(=O)(=O)CCOc1c(N)cccc1Cl. The first-order chi connectivity index (χ1) is 6.90. The lowest BCUT2D eigenvalue weighted by Crippen LogP contribution is -2.12. The van der Waals surface area contributed by atoms with Crippen LogP contribution in [0.4, 0.5) is 5.69 Å². The highest BCUT2D eigenvalue weighted by Crippen LogP contribution is 2.30. The summed E-state index contributed by atoms with van der Waals surface area (Å²) in [6.45, 7) is 0.0484. The Morgan fingerprint density at radius 2 is 2.13 bits per heavy atom. The van der Waals surface area contributed by atoms with E-state index in [0.717, 1.165) is 6.26 Å². The molecule has 1 aromatic rings. The summed E-state index contributed by atoms with van der Waals surface area (Å²) in [4.78, 5) is 0. The Morgan fingerprint density at radius 3 is 2.67 bits per heavy atom. The average Bonchev–Trinajstić information content (AvgIpc) is 2.08. The molecular weight excluding hydrogens is 238 g/mol. The molecule has 0 amide bonds. The lowest BCUT2D eigenvalue weighted by Gasteiger charge is -2.09. The molecule has 0 unspecified atom stereocenters. The van der Waals surface area contributed by atoms with Crippen molar-refractivity contribution in [3.63, 3.8) is 0 Å². The van der Waals surface area contributed by atoms with Crippen LogP contribution < -0.4 is 10.5 Å². The summed E-state index contributed by atoms with van der Waals surface area (Å²) < 4.78 is 26.9. The van der Waals surface area contributed by atoms with Gasteiger partial charge in [-0.1, -0.05) is 17.7 Å². The minimum Gasteiger partial charge on any atom is -0.489 e. The van der Waals surface area contributed by atoms with Crippen LogP contribution in [0.2, 0.25) is 5.02 Å². The summed E-state index contributed by atoms with van der Waals surface area (Å²) in [7, 11) is -3.03. The summed E-state index contributed by atoms with van der Waals surface area (Å²) in [5.41, 5.74) is 6.01. The topological polar surface area (TPSA) is 69.4 Å². The van der Waals surface area contributed by atoms with Crippen LogP contribution in [0.25, 0.3) is 0 Å². The maximum absolute atomic E-state index is 10.8. The lowest BCUT2D eigenvalue weighted by atomic mass is 10.3. The fraction of sp³-hybridized carbons (Fsp3) is 0.333. The molecule has 0 saturated heterocycles.